The normalized spacial score (nSPS) is 19.9. The summed E-state index contributed by atoms with van der Waals surface area (Å²) >= 11 is 0. The van der Waals surface area contributed by atoms with Crippen molar-refractivity contribution in [2.45, 2.75) is 12.6 Å². The van der Waals surface area contributed by atoms with Gasteiger partial charge in [-0.25, -0.2) is 0 Å². The molecule has 0 aliphatic carbocycles. The van der Waals surface area contributed by atoms with E-state index >= 15 is 0 Å². The van der Waals surface area contributed by atoms with Gasteiger partial charge < -0.3 is 4.90 Å². The number of para-hydroxylation sites is 1. The second-order valence-corrected chi connectivity index (χ2v) is 6.78. The molecule has 0 amide bonds. The number of nitrogens with zero attached hydrogens (tertiary/aromatic N) is 4. The minimum Gasteiger partial charge on any atom is -0.313 e. The summed E-state index contributed by atoms with van der Waals surface area (Å²) in [5.41, 5.74) is 0.972. The lowest BCUT2D eigenvalue weighted by Crippen LogP contribution is -2.34. The first-order valence-electron chi connectivity index (χ1n) is 7.16. The monoisotopic (exact) mass is 337 g/mol. The third-order valence-corrected chi connectivity index (χ3v) is 4.17. The zero-order valence-corrected chi connectivity index (χ0v) is 14.0. The van der Waals surface area contributed by atoms with Crippen LogP contribution in [0.5, 0.6) is 0 Å². The lowest BCUT2D eigenvalue weighted by atomic mass is 10.3. The molecule has 1 aliphatic heterocycles. The fraction of sp³-hybridized carbons (Fsp3) is 0.333. The van der Waals surface area contributed by atoms with Crippen molar-refractivity contribution in [1.82, 2.24) is 4.90 Å². The number of hydrogen-bond acceptors (Lipinski definition) is 5. The molecule has 1 unspecified atom stereocenters. The SMILES string of the molecule is CN(N=CC1N(C)C=C[N+]1=CCCS(=O)(=O)O)c1ccccc1. The second-order valence-electron chi connectivity index (χ2n) is 5.21. The number of hydrogen-bond donors (Lipinski definition) is 1. The van der Waals surface area contributed by atoms with Gasteiger partial charge in [0.2, 0.25) is 0 Å². The average molecular weight is 337 g/mol. The Morgan fingerprint density at radius 2 is 2.09 bits per heavy atom. The van der Waals surface area contributed by atoms with Crippen LogP contribution in [-0.4, -0.2) is 60.9 Å². The van der Waals surface area contributed by atoms with Crippen LogP contribution in [0.15, 0.2) is 47.8 Å². The summed E-state index contributed by atoms with van der Waals surface area (Å²) in [7, 11) is -0.175. The van der Waals surface area contributed by atoms with Gasteiger partial charge in [0.25, 0.3) is 16.3 Å². The highest BCUT2D eigenvalue weighted by atomic mass is 32.2. The van der Waals surface area contributed by atoms with E-state index in [0.717, 1.165) is 5.69 Å². The summed E-state index contributed by atoms with van der Waals surface area (Å²) in [5.74, 6) is -0.297. The first kappa shape index (κ1) is 17.2. The molecule has 1 aromatic carbocycles. The Hall–Kier alpha value is -2.19. The number of hydrazone groups is 1. The maximum absolute atomic E-state index is 10.8. The van der Waals surface area contributed by atoms with E-state index in [9.17, 15) is 8.42 Å². The molecule has 23 heavy (non-hydrogen) atoms. The predicted molar refractivity (Wildman–Crippen MR) is 91.4 cm³/mol. The van der Waals surface area contributed by atoms with Gasteiger partial charge in [-0.2, -0.15) is 18.1 Å². The molecule has 0 saturated carbocycles. The van der Waals surface area contributed by atoms with E-state index in [4.69, 9.17) is 4.55 Å². The maximum Gasteiger partial charge on any atom is 0.271 e. The molecule has 0 bridgehead atoms. The van der Waals surface area contributed by atoms with Crippen molar-refractivity contribution in [3.8, 4) is 0 Å². The van der Waals surface area contributed by atoms with Crippen LogP contribution < -0.4 is 5.01 Å². The summed E-state index contributed by atoms with van der Waals surface area (Å²) in [4.78, 5) is 1.95. The first-order valence-corrected chi connectivity index (χ1v) is 8.77. The van der Waals surface area contributed by atoms with Crippen molar-refractivity contribution in [2.24, 2.45) is 5.10 Å². The van der Waals surface area contributed by atoms with Crippen LogP contribution in [0.1, 0.15) is 6.42 Å². The maximum atomic E-state index is 10.8. The van der Waals surface area contributed by atoms with Crippen LogP contribution in [-0.2, 0) is 10.1 Å². The molecule has 2 rings (SSSR count). The third kappa shape index (κ3) is 5.19. The van der Waals surface area contributed by atoms with E-state index in [1.807, 2.05) is 66.3 Å². The fourth-order valence-corrected chi connectivity index (χ4v) is 2.54. The standard InChI is InChI=1S/C15H20N4O3S/c1-17-10-11-19(9-6-12-23(20,21)22)15(17)13-16-18(2)14-7-4-3-5-8-14/h3-5,7-11,13,15H,6,12H2,1-2H3/p+1. The lowest BCUT2D eigenvalue weighted by molar-refractivity contribution is -0.483. The van der Waals surface area contributed by atoms with Crippen molar-refractivity contribution in [2.75, 3.05) is 24.9 Å². The van der Waals surface area contributed by atoms with Gasteiger partial charge in [-0.05, 0) is 12.1 Å². The predicted octanol–water partition coefficient (Wildman–Crippen LogP) is 1.21. The third-order valence-electron chi connectivity index (χ3n) is 3.42. The quantitative estimate of drug-likeness (QED) is 0.365. The summed E-state index contributed by atoms with van der Waals surface area (Å²) in [6.45, 7) is 0. The van der Waals surface area contributed by atoms with Crippen molar-refractivity contribution < 1.29 is 17.5 Å². The number of anilines is 1. The van der Waals surface area contributed by atoms with Gasteiger partial charge in [-0.15, -0.1) is 0 Å². The van der Waals surface area contributed by atoms with Crippen molar-refractivity contribution >= 4 is 28.2 Å². The highest BCUT2D eigenvalue weighted by Gasteiger charge is 2.26. The molecule has 1 aromatic rings. The van der Waals surface area contributed by atoms with E-state index in [2.05, 4.69) is 5.10 Å². The van der Waals surface area contributed by atoms with Gasteiger partial charge in [-0.1, -0.05) is 18.2 Å². The van der Waals surface area contributed by atoms with Crippen molar-refractivity contribution in [3.63, 3.8) is 0 Å². The molecule has 7 nitrogen and oxygen atoms in total. The summed E-state index contributed by atoms with van der Waals surface area (Å²) < 4.78 is 32.2. The molecular weight excluding hydrogens is 316 g/mol. The van der Waals surface area contributed by atoms with Crippen LogP contribution in [0.3, 0.4) is 0 Å². The Balaban J connectivity index is 2.04. The number of benzene rings is 1. The van der Waals surface area contributed by atoms with Crippen LogP contribution in [0, 0.1) is 0 Å². The molecular formula is C15H21N4O3S+. The molecule has 0 spiro atoms. The molecule has 0 saturated heterocycles. The van der Waals surface area contributed by atoms with Gasteiger partial charge >= 0.3 is 0 Å². The van der Waals surface area contributed by atoms with E-state index in [1.54, 1.807) is 17.4 Å². The van der Waals surface area contributed by atoms with Crippen LogP contribution in [0.2, 0.25) is 0 Å². The van der Waals surface area contributed by atoms with Gasteiger partial charge in [-0.3, -0.25) is 9.56 Å². The van der Waals surface area contributed by atoms with Crippen molar-refractivity contribution in [1.29, 1.82) is 0 Å². The Kier molecular flexibility index (Phi) is 5.51. The average Bonchev–Trinajstić information content (AvgIpc) is 2.85. The molecule has 0 fully saturated rings. The molecule has 0 aromatic heterocycles. The Morgan fingerprint density at radius 3 is 2.74 bits per heavy atom. The van der Waals surface area contributed by atoms with E-state index in [-0.39, 0.29) is 18.3 Å². The molecule has 1 atom stereocenters. The van der Waals surface area contributed by atoms with Crippen LogP contribution in [0.25, 0.3) is 0 Å². The molecule has 8 heteroatoms. The second kappa shape index (κ2) is 7.38. The topological polar surface area (TPSA) is 76.2 Å². The van der Waals surface area contributed by atoms with E-state index in [1.165, 1.54) is 0 Å². The highest BCUT2D eigenvalue weighted by Crippen LogP contribution is 2.12. The Morgan fingerprint density at radius 1 is 1.39 bits per heavy atom. The van der Waals surface area contributed by atoms with Gasteiger partial charge in [0.15, 0.2) is 6.20 Å². The van der Waals surface area contributed by atoms with Crippen LogP contribution >= 0.6 is 0 Å². The highest BCUT2D eigenvalue weighted by molar-refractivity contribution is 7.85. The number of rotatable bonds is 6. The molecule has 1 aliphatic rings. The van der Waals surface area contributed by atoms with Crippen molar-refractivity contribution in [3.05, 3.63) is 42.7 Å². The summed E-state index contributed by atoms with van der Waals surface area (Å²) in [6.07, 6.45) is 7.31. The van der Waals surface area contributed by atoms with Crippen LogP contribution in [0.4, 0.5) is 5.69 Å². The van der Waals surface area contributed by atoms with Gasteiger partial charge in [0, 0.05) is 20.5 Å². The molecule has 1 heterocycles. The zero-order chi connectivity index (χ0) is 16.9. The minimum absolute atomic E-state index is 0.137. The molecule has 1 N–H and O–H groups in total. The van der Waals surface area contributed by atoms with Gasteiger partial charge in [0.05, 0.1) is 17.6 Å². The summed E-state index contributed by atoms with van der Waals surface area (Å²) in [6, 6.07) is 9.76. The van der Waals surface area contributed by atoms with Gasteiger partial charge in [0.1, 0.15) is 12.4 Å². The Bertz CT molecular complexity index is 713. The smallest absolute Gasteiger partial charge is 0.271 e. The molecule has 124 valence electrons. The zero-order valence-electron chi connectivity index (χ0n) is 13.1. The fourth-order valence-electron chi connectivity index (χ4n) is 2.14. The minimum atomic E-state index is -3.95. The first-order chi connectivity index (χ1) is 10.9. The van der Waals surface area contributed by atoms with E-state index < -0.39 is 10.1 Å². The summed E-state index contributed by atoms with van der Waals surface area (Å²) in [5, 5.41) is 6.20. The largest absolute Gasteiger partial charge is 0.313 e. The lowest BCUT2D eigenvalue weighted by Gasteiger charge is -2.15. The van der Waals surface area contributed by atoms with E-state index in [0.29, 0.717) is 0 Å². The molecule has 0 radical (unpaired) electrons. The Labute approximate surface area is 136 Å².